The largest absolute Gasteiger partial charge is 0.335 e. The second-order valence-electron chi connectivity index (χ2n) is 6.99. The van der Waals surface area contributed by atoms with Crippen molar-refractivity contribution < 1.29 is 14.5 Å². The molecule has 0 spiro atoms. The number of piperidine rings is 1. The highest BCUT2D eigenvalue weighted by atomic mass is 16.6. The van der Waals surface area contributed by atoms with Crippen LogP contribution in [0.2, 0.25) is 0 Å². The summed E-state index contributed by atoms with van der Waals surface area (Å²) < 4.78 is 0. The maximum atomic E-state index is 12.8. The van der Waals surface area contributed by atoms with Gasteiger partial charge in [-0.15, -0.1) is 0 Å². The predicted molar refractivity (Wildman–Crippen MR) is 106 cm³/mol. The van der Waals surface area contributed by atoms with E-state index in [-0.39, 0.29) is 23.5 Å². The molecule has 7 nitrogen and oxygen atoms in total. The summed E-state index contributed by atoms with van der Waals surface area (Å²) in [6.07, 6.45) is 2.46. The number of amides is 2. The van der Waals surface area contributed by atoms with Crippen LogP contribution in [0.1, 0.15) is 48.1 Å². The Balaban J connectivity index is 1.74. The van der Waals surface area contributed by atoms with E-state index in [4.69, 9.17) is 0 Å². The summed E-state index contributed by atoms with van der Waals surface area (Å²) >= 11 is 0. The van der Waals surface area contributed by atoms with Gasteiger partial charge >= 0.3 is 0 Å². The zero-order chi connectivity index (χ0) is 20.3. The second-order valence-corrected chi connectivity index (χ2v) is 6.99. The van der Waals surface area contributed by atoms with Gasteiger partial charge in [0.05, 0.1) is 11.0 Å². The Morgan fingerprint density at radius 2 is 1.89 bits per heavy atom. The minimum atomic E-state index is -0.446. The first-order valence-corrected chi connectivity index (χ1v) is 9.30. The lowest BCUT2D eigenvalue weighted by Gasteiger charge is -2.28. The van der Waals surface area contributed by atoms with Crippen molar-refractivity contribution in [1.82, 2.24) is 4.90 Å². The first-order valence-electron chi connectivity index (χ1n) is 9.30. The van der Waals surface area contributed by atoms with Crippen LogP contribution in [-0.4, -0.2) is 35.2 Å². The number of benzene rings is 2. The van der Waals surface area contributed by atoms with E-state index in [1.54, 1.807) is 53.2 Å². The van der Waals surface area contributed by atoms with Crippen LogP contribution < -0.4 is 4.90 Å². The molecule has 2 amide bonds. The number of hydrogen-bond acceptors (Lipinski definition) is 4. The number of carbonyl (C=O) groups excluding carboxylic acids is 2. The van der Waals surface area contributed by atoms with Gasteiger partial charge in [0.2, 0.25) is 5.91 Å². The Hall–Kier alpha value is -3.22. The quantitative estimate of drug-likeness (QED) is 0.580. The number of rotatable bonds is 5. The molecule has 0 bridgehead atoms. The van der Waals surface area contributed by atoms with Crippen LogP contribution in [0.25, 0.3) is 0 Å². The van der Waals surface area contributed by atoms with E-state index in [1.807, 2.05) is 6.92 Å². The molecule has 0 N–H and O–H groups in total. The highest BCUT2D eigenvalue weighted by Gasteiger charge is 2.22. The summed E-state index contributed by atoms with van der Waals surface area (Å²) in [7, 11) is 1.67. The molecule has 0 aromatic heterocycles. The summed E-state index contributed by atoms with van der Waals surface area (Å²) in [6.45, 7) is 2.54. The summed E-state index contributed by atoms with van der Waals surface area (Å²) in [4.78, 5) is 38.7. The minimum Gasteiger partial charge on any atom is -0.335 e. The van der Waals surface area contributed by atoms with Gasteiger partial charge in [-0.1, -0.05) is 12.1 Å². The van der Waals surface area contributed by atoms with Crippen molar-refractivity contribution in [2.75, 3.05) is 18.5 Å². The molecule has 1 atom stereocenters. The van der Waals surface area contributed by atoms with Crippen molar-refractivity contribution in [2.45, 2.75) is 32.2 Å². The average Bonchev–Trinajstić information content (AvgIpc) is 2.72. The van der Waals surface area contributed by atoms with Gasteiger partial charge in [-0.25, -0.2) is 0 Å². The first-order chi connectivity index (χ1) is 13.4. The van der Waals surface area contributed by atoms with E-state index in [9.17, 15) is 19.7 Å². The Morgan fingerprint density at radius 1 is 1.18 bits per heavy atom. The smallest absolute Gasteiger partial charge is 0.269 e. The van der Waals surface area contributed by atoms with Crippen molar-refractivity contribution >= 4 is 23.2 Å². The topological polar surface area (TPSA) is 83.8 Å². The van der Waals surface area contributed by atoms with Gasteiger partial charge in [0.15, 0.2) is 0 Å². The predicted octanol–water partition coefficient (Wildman–Crippen LogP) is 3.94. The number of nitrogens with zero attached hydrogens (tertiary/aromatic N) is 3. The van der Waals surface area contributed by atoms with E-state index < -0.39 is 4.92 Å². The molecule has 0 aliphatic carbocycles. The molecule has 2 aromatic carbocycles. The van der Waals surface area contributed by atoms with E-state index in [2.05, 4.69) is 0 Å². The third kappa shape index (κ3) is 4.03. The Bertz CT molecular complexity index is 895. The van der Waals surface area contributed by atoms with Gasteiger partial charge in [0, 0.05) is 43.4 Å². The molecule has 2 aromatic rings. The Morgan fingerprint density at radius 3 is 2.54 bits per heavy atom. The van der Waals surface area contributed by atoms with Crippen molar-refractivity contribution in [2.24, 2.45) is 0 Å². The molecule has 28 heavy (non-hydrogen) atoms. The molecular formula is C21H23N3O4. The molecule has 1 aliphatic heterocycles. The van der Waals surface area contributed by atoms with Gasteiger partial charge in [-0.2, -0.15) is 0 Å². The third-order valence-electron chi connectivity index (χ3n) is 5.21. The summed E-state index contributed by atoms with van der Waals surface area (Å²) in [6, 6.07) is 13.0. The molecule has 1 fully saturated rings. The monoisotopic (exact) mass is 381 g/mol. The van der Waals surface area contributed by atoms with Crippen molar-refractivity contribution in [3.63, 3.8) is 0 Å². The van der Waals surface area contributed by atoms with Crippen LogP contribution in [0.5, 0.6) is 0 Å². The summed E-state index contributed by atoms with van der Waals surface area (Å²) in [5.74, 6) is -0.0720. The lowest BCUT2D eigenvalue weighted by molar-refractivity contribution is -0.384. The van der Waals surface area contributed by atoms with Gasteiger partial charge in [0.1, 0.15) is 0 Å². The normalized spacial score (nSPS) is 15.2. The van der Waals surface area contributed by atoms with Crippen LogP contribution in [0.3, 0.4) is 0 Å². The number of non-ortho nitro benzene ring substituents is 1. The molecule has 3 rings (SSSR count). The number of nitro benzene ring substituents is 1. The van der Waals surface area contributed by atoms with Crippen molar-refractivity contribution in [1.29, 1.82) is 0 Å². The molecule has 7 heteroatoms. The van der Waals surface area contributed by atoms with Crippen molar-refractivity contribution in [3.05, 3.63) is 69.8 Å². The fourth-order valence-electron chi connectivity index (χ4n) is 3.36. The maximum Gasteiger partial charge on any atom is 0.269 e. The first kappa shape index (κ1) is 19.5. The number of carbonyl (C=O) groups is 2. The van der Waals surface area contributed by atoms with Crippen LogP contribution in [0.15, 0.2) is 48.5 Å². The van der Waals surface area contributed by atoms with Crippen LogP contribution in [0.4, 0.5) is 11.4 Å². The van der Waals surface area contributed by atoms with Crippen molar-refractivity contribution in [3.8, 4) is 0 Å². The van der Waals surface area contributed by atoms with E-state index in [1.165, 1.54) is 12.1 Å². The fourth-order valence-corrected chi connectivity index (χ4v) is 3.36. The summed E-state index contributed by atoms with van der Waals surface area (Å²) in [5, 5.41) is 11.0. The number of hydrogen-bond donors (Lipinski definition) is 0. The number of nitro groups is 1. The lowest BCUT2D eigenvalue weighted by Crippen LogP contribution is -2.35. The summed E-state index contributed by atoms with van der Waals surface area (Å²) in [5.41, 5.74) is 2.00. The van der Waals surface area contributed by atoms with Crippen LogP contribution in [0, 0.1) is 10.1 Å². The zero-order valence-electron chi connectivity index (χ0n) is 16.0. The Kier molecular flexibility index (Phi) is 5.73. The highest BCUT2D eigenvalue weighted by Crippen LogP contribution is 2.26. The van der Waals surface area contributed by atoms with E-state index >= 15 is 0 Å². The molecule has 1 aliphatic rings. The minimum absolute atomic E-state index is 0.000695. The standard InChI is InChI=1S/C21H23N3O4/c1-15(17-6-5-7-19(14-17)24(27)28)22(2)21(26)16-9-11-18(12-10-16)23-13-4-3-8-20(23)25/h5-7,9-12,14-15H,3-4,8,13H2,1-2H3/t15-/m1/s1. The molecule has 146 valence electrons. The van der Waals surface area contributed by atoms with E-state index in [0.717, 1.165) is 18.5 Å². The third-order valence-corrected chi connectivity index (χ3v) is 5.21. The number of anilines is 1. The lowest BCUT2D eigenvalue weighted by atomic mass is 10.0. The average molecular weight is 381 g/mol. The highest BCUT2D eigenvalue weighted by molar-refractivity contribution is 5.97. The zero-order valence-corrected chi connectivity index (χ0v) is 16.0. The molecular weight excluding hydrogens is 358 g/mol. The molecule has 1 heterocycles. The molecule has 0 unspecified atom stereocenters. The SMILES string of the molecule is C[C@H](c1cccc([N+](=O)[O-])c1)N(C)C(=O)c1ccc(N2CCCCC2=O)cc1. The van der Waals surface area contributed by atoms with Gasteiger partial charge in [-0.3, -0.25) is 19.7 Å². The second kappa shape index (κ2) is 8.21. The maximum absolute atomic E-state index is 12.8. The fraction of sp³-hybridized carbons (Fsp3) is 0.333. The molecule has 0 radical (unpaired) electrons. The van der Waals surface area contributed by atoms with E-state index in [0.29, 0.717) is 24.1 Å². The molecule has 1 saturated heterocycles. The van der Waals surface area contributed by atoms with Gasteiger partial charge in [0.25, 0.3) is 11.6 Å². The van der Waals surface area contributed by atoms with Crippen LogP contribution >= 0.6 is 0 Å². The van der Waals surface area contributed by atoms with Crippen LogP contribution in [-0.2, 0) is 4.79 Å². The Labute approximate surface area is 163 Å². The van der Waals surface area contributed by atoms with Gasteiger partial charge in [-0.05, 0) is 49.6 Å². The van der Waals surface area contributed by atoms with Gasteiger partial charge < -0.3 is 9.80 Å². The molecule has 0 saturated carbocycles.